The molecule has 0 fully saturated rings. The molecule has 0 saturated carbocycles. The zero-order chi connectivity index (χ0) is 25.7. The molecule has 4 aromatic rings. The van der Waals surface area contributed by atoms with E-state index in [0.29, 0.717) is 0 Å². The first-order chi connectivity index (χ1) is 17.3. The highest BCUT2D eigenvalue weighted by molar-refractivity contribution is 7.92. The van der Waals surface area contributed by atoms with Crippen LogP contribution in [-0.4, -0.2) is 31.7 Å². The molecule has 0 unspecified atom stereocenters. The number of sulfonamides is 1. The van der Waals surface area contributed by atoms with Gasteiger partial charge in [0, 0.05) is 22.6 Å². The summed E-state index contributed by atoms with van der Waals surface area (Å²) in [5, 5.41) is 4.05. The number of halogens is 1. The van der Waals surface area contributed by atoms with Gasteiger partial charge in [-0.3, -0.25) is 9.10 Å². The summed E-state index contributed by atoms with van der Waals surface area (Å²) in [6, 6.07) is 24.4. The van der Waals surface area contributed by atoms with Gasteiger partial charge in [0.05, 0.1) is 16.8 Å². The second-order valence-electron chi connectivity index (χ2n) is 8.09. The van der Waals surface area contributed by atoms with E-state index in [0.717, 1.165) is 39.1 Å². The van der Waals surface area contributed by atoms with Gasteiger partial charge in [0.15, 0.2) is 0 Å². The van der Waals surface area contributed by atoms with Crippen molar-refractivity contribution >= 4 is 27.8 Å². The lowest BCUT2D eigenvalue weighted by atomic mass is 10.2. The second-order valence-corrected chi connectivity index (χ2v) is 9.95. The first kappa shape index (κ1) is 24.9. The fourth-order valence-corrected chi connectivity index (χ4v) is 5.32. The van der Waals surface area contributed by atoms with E-state index in [9.17, 15) is 17.6 Å². The lowest BCUT2D eigenvalue weighted by Crippen LogP contribution is -2.39. The number of aromatic nitrogens is 1. The average Bonchev–Trinajstić information content (AvgIpc) is 3.16. The third-order valence-corrected chi connectivity index (χ3v) is 7.40. The molecule has 0 bridgehead atoms. The number of para-hydroxylation sites is 1. The lowest BCUT2D eigenvalue weighted by molar-refractivity contribution is -0.119. The topological polar surface area (TPSA) is 83.8 Å². The molecule has 7 nitrogen and oxygen atoms in total. The van der Waals surface area contributed by atoms with Gasteiger partial charge in [0.2, 0.25) is 0 Å². The monoisotopic (exact) mass is 504 g/mol. The van der Waals surface area contributed by atoms with Crippen molar-refractivity contribution in [3.05, 3.63) is 114 Å². The Bertz CT molecular complexity index is 1480. The summed E-state index contributed by atoms with van der Waals surface area (Å²) in [6.07, 6.45) is 1.52. The molecular formula is C27H25FN4O3S. The molecule has 184 valence electrons. The first-order valence-electron chi connectivity index (χ1n) is 11.2. The number of anilines is 1. The van der Waals surface area contributed by atoms with Gasteiger partial charge in [-0.25, -0.2) is 18.2 Å². The van der Waals surface area contributed by atoms with E-state index in [1.165, 1.54) is 30.5 Å². The van der Waals surface area contributed by atoms with Crippen LogP contribution in [0.4, 0.5) is 10.1 Å². The Balaban J connectivity index is 1.54. The van der Waals surface area contributed by atoms with E-state index in [-0.39, 0.29) is 10.6 Å². The Morgan fingerprint density at radius 3 is 2.22 bits per heavy atom. The number of nitrogens with one attached hydrogen (secondary N) is 1. The minimum atomic E-state index is -4.08. The number of hydrazone groups is 1. The number of rotatable bonds is 8. The fraction of sp³-hybridized carbons (Fsp3) is 0.111. The first-order valence-corrected chi connectivity index (χ1v) is 12.6. The van der Waals surface area contributed by atoms with Gasteiger partial charge in [-0.15, -0.1) is 0 Å². The van der Waals surface area contributed by atoms with Crippen LogP contribution >= 0.6 is 0 Å². The Morgan fingerprint density at radius 1 is 0.972 bits per heavy atom. The number of carbonyl (C=O) groups excluding carboxylic acids is 1. The zero-order valence-corrected chi connectivity index (χ0v) is 20.6. The van der Waals surface area contributed by atoms with E-state index in [1.54, 1.807) is 18.2 Å². The van der Waals surface area contributed by atoms with Gasteiger partial charge in [0.1, 0.15) is 12.4 Å². The van der Waals surface area contributed by atoms with Crippen LogP contribution in [-0.2, 0) is 14.8 Å². The van der Waals surface area contributed by atoms with Gasteiger partial charge in [-0.05, 0) is 68.4 Å². The van der Waals surface area contributed by atoms with Crippen molar-refractivity contribution in [3.63, 3.8) is 0 Å². The Hall–Kier alpha value is -4.24. The summed E-state index contributed by atoms with van der Waals surface area (Å²) in [4.78, 5) is 12.7. The summed E-state index contributed by atoms with van der Waals surface area (Å²) < 4.78 is 43.0. The van der Waals surface area contributed by atoms with E-state index in [4.69, 9.17) is 0 Å². The van der Waals surface area contributed by atoms with Crippen LogP contribution in [0.3, 0.4) is 0 Å². The molecule has 0 aliphatic rings. The molecular weight excluding hydrogens is 479 g/mol. The number of carbonyl (C=O) groups is 1. The molecule has 9 heteroatoms. The van der Waals surface area contributed by atoms with E-state index in [2.05, 4.69) is 15.1 Å². The fourth-order valence-electron chi connectivity index (χ4n) is 3.87. The minimum Gasteiger partial charge on any atom is -0.318 e. The second kappa shape index (κ2) is 10.6. The molecule has 1 N–H and O–H groups in total. The van der Waals surface area contributed by atoms with Crippen molar-refractivity contribution in [1.29, 1.82) is 0 Å². The van der Waals surface area contributed by atoms with Crippen LogP contribution in [0.1, 0.15) is 17.0 Å². The van der Waals surface area contributed by atoms with Crippen LogP contribution in [0.2, 0.25) is 0 Å². The maximum atomic E-state index is 13.5. The zero-order valence-electron chi connectivity index (χ0n) is 19.8. The third-order valence-electron chi connectivity index (χ3n) is 5.61. The highest BCUT2D eigenvalue weighted by Crippen LogP contribution is 2.24. The molecule has 0 spiro atoms. The van der Waals surface area contributed by atoms with Crippen LogP contribution < -0.4 is 9.73 Å². The number of nitrogens with zero attached hydrogens (tertiary/aromatic N) is 3. The van der Waals surface area contributed by atoms with Crippen LogP contribution in [0.15, 0.2) is 101 Å². The Kier molecular flexibility index (Phi) is 7.30. The third kappa shape index (κ3) is 5.36. The van der Waals surface area contributed by atoms with Gasteiger partial charge >= 0.3 is 0 Å². The Labute approximate surface area is 209 Å². The number of hydrogen-bond donors (Lipinski definition) is 1. The predicted molar refractivity (Wildman–Crippen MR) is 138 cm³/mol. The molecule has 36 heavy (non-hydrogen) atoms. The number of benzene rings is 3. The summed E-state index contributed by atoms with van der Waals surface area (Å²) in [7, 11) is -4.08. The molecule has 4 rings (SSSR count). The minimum absolute atomic E-state index is 0.0129. The van der Waals surface area contributed by atoms with Crippen molar-refractivity contribution in [2.24, 2.45) is 5.10 Å². The van der Waals surface area contributed by atoms with Gasteiger partial charge < -0.3 is 4.57 Å². The summed E-state index contributed by atoms with van der Waals surface area (Å²) in [5.41, 5.74) is 6.33. The molecule has 0 aliphatic carbocycles. The van der Waals surface area contributed by atoms with E-state index in [1.807, 2.05) is 50.2 Å². The summed E-state index contributed by atoms with van der Waals surface area (Å²) >= 11 is 0. The van der Waals surface area contributed by atoms with E-state index >= 15 is 0 Å². The van der Waals surface area contributed by atoms with Gasteiger partial charge in [-0.1, -0.05) is 36.4 Å². The van der Waals surface area contributed by atoms with Crippen molar-refractivity contribution in [2.45, 2.75) is 18.7 Å². The SMILES string of the molecule is Cc1cc(/C=N\NC(=O)CN(c2ccc(F)cc2)S(=O)(=O)c2ccccc2)c(C)n1-c1ccccc1. The van der Waals surface area contributed by atoms with Crippen molar-refractivity contribution in [1.82, 2.24) is 9.99 Å². The number of aryl methyl sites for hydroxylation is 1. The summed E-state index contributed by atoms with van der Waals surface area (Å²) in [5.74, 6) is -1.16. The number of hydrogen-bond acceptors (Lipinski definition) is 4. The molecule has 0 saturated heterocycles. The molecule has 0 radical (unpaired) electrons. The number of amides is 1. The largest absolute Gasteiger partial charge is 0.318 e. The molecule has 0 atom stereocenters. The average molecular weight is 505 g/mol. The van der Waals surface area contributed by atoms with Gasteiger partial charge in [-0.2, -0.15) is 5.10 Å². The van der Waals surface area contributed by atoms with E-state index < -0.39 is 28.3 Å². The maximum absolute atomic E-state index is 13.5. The molecule has 1 amide bonds. The van der Waals surface area contributed by atoms with Crippen LogP contribution in [0.5, 0.6) is 0 Å². The standard InChI is InChI=1S/C27H25FN4O3S/c1-20-17-22(21(2)32(20)25-9-5-3-6-10-25)18-29-30-27(33)19-31(24-15-13-23(28)14-16-24)36(34,35)26-11-7-4-8-12-26/h3-18H,19H2,1-2H3,(H,30,33)/b29-18-. The lowest BCUT2D eigenvalue weighted by Gasteiger charge is -2.23. The molecule has 3 aromatic carbocycles. The molecule has 0 aliphatic heterocycles. The van der Waals surface area contributed by atoms with Crippen molar-refractivity contribution < 1.29 is 17.6 Å². The molecule has 1 heterocycles. The highest BCUT2D eigenvalue weighted by Gasteiger charge is 2.27. The Morgan fingerprint density at radius 2 is 1.58 bits per heavy atom. The normalized spacial score (nSPS) is 11.5. The van der Waals surface area contributed by atoms with Crippen LogP contribution in [0, 0.1) is 19.7 Å². The quantitative estimate of drug-likeness (QED) is 0.282. The maximum Gasteiger partial charge on any atom is 0.264 e. The van der Waals surface area contributed by atoms with Crippen LogP contribution in [0.25, 0.3) is 5.69 Å². The van der Waals surface area contributed by atoms with Crippen molar-refractivity contribution in [2.75, 3.05) is 10.8 Å². The highest BCUT2D eigenvalue weighted by atomic mass is 32.2. The molecule has 1 aromatic heterocycles. The predicted octanol–water partition coefficient (Wildman–Crippen LogP) is 4.58. The summed E-state index contributed by atoms with van der Waals surface area (Å²) in [6.45, 7) is 3.39. The van der Waals surface area contributed by atoms with Crippen molar-refractivity contribution in [3.8, 4) is 5.69 Å². The van der Waals surface area contributed by atoms with Gasteiger partial charge in [0.25, 0.3) is 15.9 Å². The smallest absolute Gasteiger partial charge is 0.264 e.